The van der Waals surface area contributed by atoms with E-state index in [4.69, 9.17) is 0 Å². The first-order valence-electron chi connectivity index (χ1n) is 9.05. The molecule has 0 unspecified atom stereocenters. The molecule has 2 aromatic rings. The highest BCUT2D eigenvalue weighted by atomic mass is 32.2. The van der Waals surface area contributed by atoms with Crippen LogP contribution in [0.4, 0.5) is 5.69 Å². The van der Waals surface area contributed by atoms with Gasteiger partial charge in [0.25, 0.3) is 0 Å². The van der Waals surface area contributed by atoms with E-state index in [1.54, 1.807) is 0 Å². The van der Waals surface area contributed by atoms with Crippen LogP contribution in [0.2, 0.25) is 0 Å². The lowest BCUT2D eigenvalue weighted by molar-refractivity contribution is -0.116. The molecule has 0 saturated carbocycles. The summed E-state index contributed by atoms with van der Waals surface area (Å²) in [4.78, 5) is 23.6. The van der Waals surface area contributed by atoms with Crippen molar-refractivity contribution in [2.24, 2.45) is 0 Å². The van der Waals surface area contributed by atoms with Gasteiger partial charge in [0.2, 0.25) is 15.9 Å². The number of rotatable bonds is 8. The molecule has 0 saturated heterocycles. The summed E-state index contributed by atoms with van der Waals surface area (Å²) in [5.41, 5.74) is 3.34. The van der Waals surface area contributed by atoms with Crippen molar-refractivity contribution in [2.45, 2.75) is 38.5 Å². The Morgan fingerprint density at radius 2 is 1.57 bits per heavy atom. The molecule has 1 N–H and O–H groups in total. The van der Waals surface area contributed by atoms with Gasteiger partial charge in [0.05, 0.1) is 4.90 Å². The van der Waals surface area contributed by atoms with Crippen LogP contribution in [0.5, 0.6) is 0 Å². The van der Waals surface area contributed by atoms with E-state index >= 15 is 0 Å². The van der Waals surface area contributed by atoms with Crippen LogP contribution in [0.25, 0.3) is 0 Å². The fourth-order valence-electron chi connectivity index (χ4n) is 2.89. The Morgan fingerprint density at radius 3 is 2.11 bits per heavy atom. The zero-order valence-electron chi connectivity index (χ0n) is 16.7. The first-order valence-corrected chi connectivity index (χ1v) is 10.5. The van der Waals surface area contributed by atoms with Gasteiger partial charge < -0.3 is 5.32 Å². The summed E-state index contributed by atoms with van der Waals surface area (Å²) in [5.74, 6) is -0.270. The van der Waals surface area contributed by atoms with Crippen molar-refractivity contribution >= 4 is 27.4 Å². The highest BCUT2D eigenvalue weighted by Gasteiger charge is 2.20. The summed E-state index contributed by atoms with van der Waals surface area (Å²) in [6, 6.07) is 11.7. The van der Waals surface area contributed by atoms with Crippen LogP contribution in [-0.2, 0) is 14.8 Å². The predicted octanol–water partition coefficient (Wildman–Crippen LogP) is 3.55. The molecule has 0 aliphatic heterocycles. The van der Waals surface area contributed by atoms with E-state index in [1.165, 1.54) is 42.5 Å². The Balaban J connectivity index is 1.90. The highest BCUT2D eigenvalue weighted by molar-refractivity contribution is 7.89. The van der Waals surface area contributed by atoms with Gasteiger partial charge >= 0.3 is 0 Å². The van der Waals surface area contributed by atoms with Crippen LogP contribution >= 0.6 is 0 Å². The number of hydrogen-bond donors (Lipinski definition) is 1. The zero-order chi connectivity index (χ0) is 20.9. The number of benzene rings is 2. The van der Waals surface area contributed by atoms with Crippen molar-refractivity contribution in [2.75, 3.05) is 18.9 Å². The number of carbonyl (C=O) groups is 2. The number of nitrogens with one attached hydrogen (secondary N) is 1. The smallest absolute Gasteiger partial charge is 0.242 e. The number of hydrogen-bond acceptors (Lipinski definition) is 4. The molecule has 0 atom stereocenters. The lowest BCUT2D eigenvalue weighted by Crippen LogP contribution is -2.28. The Hall–Kier alpha value is -2.51. The van der Waals surface area contributed by atoms with Crippen LogP contribution in [0.3, 0.4) is 0 Å². The van der Waals surface area contributed by atoms with E-state index < -0.39 is 10.0 Å². The topological polar surface area (TPSA) is 83.6 Å². The quantitative estimate of drug-likeness (QED) is 0.685. The molecule has 0 aliphatic carbocycles. The van der Waals surface area contributed by atoms with Crippen LogP contribution in [-0.4, -0.2) is 38.0 Å². The Kier molecular flexibility index (Phi) is 7.10. The van der Waals surface area contributed by atoms with Crippen molar-refractivity contribution in [3.8, 4) is 0 Å². The van der Waals surface area contributed by atoms with Crippen LogP contribution in [0.15, 0.2) is 47.4 Å². The molecule has 0 bridgehead atoms. The second kappa shape index (κ2) is 9.12. The van der Waals surface area contributed by atoms with Gasteiger partial charge in [-0.1, -0.05) is 18.2 Å². The lowest BCUT2D eigenvalue weighted by Gasteiger charge is -2.17. The number of Topliss-reactive ketones (excluding diaryl/α,β-unsaturated/α-hetero) is 1. The van der Waals surface area contributed by atoms with Crippen LogP contribution in [0.1, 0.15) is 41.3 Å². The number of amides is 1. The number of nitrogens with zero attached hydrogens (tertiary/aromatic N) is 1. The maximum atomic E-state index is 12.6. The largest absolute Gasteiger partial charge is 0.326 e. The summed E-state index contributed by atoms with van der Waals surface area (Å²) >= 11 is 0. The van der Waals surface area contributed by atoms with E-state index in [-0.39, 0.29) is 29.6 Å². The van der Waals surface area contributed by atoms with E-state index in [0.717, 1.165) is 16.8 Å². The first kappa shape index (κ1) is 21.8. The summed E-state index contributed by atoms with van der Waals surface area (Å²) in [5, 5.41) is 2.85. The minimum Gasteiger partial charge on any atom is -0.326 e. The molecule has 7 heteroatoms. The van der Waals surface area contributed by atoms with Crippen molar-refractivity contribution in [1.82, 2.24) is 4.31 Å². The number of aryl methyl sites for hydroxylation is 2. The number of carbonyl (C=O) groups excluding carboxylic acids is 2. The fraction of sp³-hybridized carbons (Fsp3) is 0.333. The van der Waals surface area contributed by atoms with E-state index in [2.05, 4.69) is 5.32 Å². The second-order valence-corrected chi connectivity index (χ2v) is 8.98. The molecular formula is C21H26N2O4S. The molecule has 6 nitrogen and oxygen atoms in total. The van der Waals surface area contributed by atoms with Crippen molar-refractivity contribution in [3.63, 3.8) is 0 Å². The van der Waals surface area contributed by atoms with Crippen molar-refractivity contribution in [3.05, 3.63) is 59.2 Å². The maximum Gasteiger partial charge on any atom is 0.242 e. The summed E-state index contributed by atoms with van der Waals surface area (Å²) < 4.78 is 26.4. The lowest BCUT2D eigenvalue weighted by atomic mass is 10.1. The third-order valence-corrected chi connectivity index (χ3v) is 6.22. The van der Waals surface area contributed by atoms with Crippen molar-refractivity contribution < 1.29 is 18.0 Å². The highest BCUT2D eigenvalue weighted by Crippen LogP contribution is 2.17. The zero-order valence-corrected chi connectivity index (χ0v) is 17.5. The molecule has 0 heterocycles. The molecule has 28 heavy (non-hydrogen) atoms. The van der Waals surface area contributed by atoms with E-state index in [9.17, 15) is 18.0 Å². The van der Waals surface area contributed by atoms with E-state index in [1.807, 2.05) is 32.0 Å². The summed E-state index contributed by atoms with van der Waals surface area (Å²) in [6.45, 7) is 5.58. The average Bonchev–Trinajstić information content (AvgIpc) is 2.60. The number of anilines is 1. The van der Waals surface area contributed by atoms with E-state index in [0.29, 0.717) is 12.0 Å². The summed E-state index contributed by atoms with van der Waals surface area (Å²) in [6.07, 6.45) is 0.619. The molecule has 0 aromatic heterocycles. The fourth-order valence-corrected chi connectivity index (χ4v) is 4.10. The normalized spacial score (nSPS) is 11.5. The van der Waals surface area contributed by atoms with Crippen LogP contribution in [0, 0.1) is 13.8 Å². The standard InChI is InChI=1S/C21H26N2O4S/c1-15-12-16(2)14-19(13-15)22-21(25)6-5-11-23(4)28(26,27)20-9-7-18(8-10-20)17(3)24/h7-10,12-14H,5-6,11H2,1-4H3,(H,22,25). The molecule has 2 rings (SSSR count). The first-order chi connectivity index (χ1) is 13.1. The minimum atomic E-state index is -3.66. The monoisotopic (exact) mass is 402 g/mol. The molecule has 2 aromatic carbocycles. The van der Waals surface area contributed by atoms with Gasteiger partial charge in [-0.3, -0.25) is 9.59 Å². The molecule has 0 radical (unpaired) electrons. The Bertz CT molecular complexity index is 946. The predicted molar refractivity (Wildman–Crippen MR) is 110 cm³/mol. The molecular weight excluding hydrogens is 376 g/mol. The third-order valence-electron chi connectivity index (χ3n) is 4.35. The third kappa shape index (κ3) is 5.74. The molecule has 1 amide bonds. The Morgan fingerprint density at radius 1 is 1.00 bits per heavy atom. The number of ketones is 1. The van der Waals surface area contributed by atoms with Gasteiger partial charge in [0.15, 0.2) is 5.78 Å². The van der Waals surface area contributed by atoms with Gasteiger partial charge in [0.1, 0.15) is 0 Å². The molecule has 150 valence electrons. The maximum absolute atomic E-state index is 12.6. The SMILES string of the molecule is CC(=O)c1ccc(S(=O)(=O)N(C)CCCC(=O)Nc2cc(C)cc(C)c2)cc1. The van der Waals surface area contributed by atoms with Crippen molar-refractivity contribution in [1.29, 1.82) is 0 Å². The van der Waals surface area contributed by atoms with Gasteiger partial charge in [-0.25, -0.2) is 12.7 Å². The Labute approximate surface area is 166 Å². The van der Waals surface area contributed by atoms with Gasteiger partial charge in [-0.15, -0.1) is 0 Å². The molecule has 0 fully saturated rings. The molecule has 0 aliphatic rings. The van der Waals surface area contributed by atoms with Gasteiger partial charge in [-0.2, -0.15) is 0 Å². The average molecular weight is 403 g/mol. The minimum absolute atomic E-state index is 0.118. The van der Waals surface area contributed by atoms with Gasteiger partial charge in [0, 0.05) is 31.3 Å². The van der Waals surface area contributed by atoms with Crippen LogP contribution < -0.4 is 5.32 Å². The van der Waals surface area contributed by atoms with Gasteiger partial charge in [-0.05, 0) is 62.6 Å². The summed E-state index contributed by atoms with van der Waals surface area (Å²) in [7, 11) is -2.18. The number of sulfonamides is 1. The second-order valence-electron chi connectivity index (χ2n) is 6.94. The molecule has 0 spiro atoms.